The number of hydrogen-bond donors (Lipinski definition) is 1. The lowest BCUT2D eigenvalue weighted by Crippen LogP contribution is -2.43. The summed E-state index contributed by atoms with van der Waals surface area (Å²) in [4.78, 5) is 15.8. The van der Waals surface area contributed by atoms with E-state index in [1.165, 1.54) is 12.3 Å². The number of benzene rings is 2. The first-order valence-electron chi connectivity index (χ1n) is 13.7. The third-order valence-corrected chi connectivity index (χ3v) is 8.33. The van der Waals surface area contributed by atoms with Crippen molar-refractivity contribution in [2.24, 2.45) is 0 Å². The van der Waals surface area contributed by atoms with Gasteiger partial charge >= 0.3 is 6.01 Å². The predicted molar refractivity (Wildman–Crippen MR) is 150 cm³/mol. The van der Waals surface area contributed by atoms with Gasteiger partial charge in [0.15, 0.2) is 11.6 Å². The fraction of sp³-hybridized carbons (Fsp3) is 0.323. The maximum absolute atomic E-state index is 16.5. The van der Waals surface area contributed by atoms with Crippen LogP contribution in [0.25, 0.3) is 38.8 Å². The van der Waals surface area contributed by atoms with Crippen molar-refractivity contribution < 1.29 is 23.4 Å². The van der Waals surface area contributed by atoms with Gasteiger partial charge in [0.1, 0.15) is 29.7 Å². The normalized spacial score (nSPS) is 20.7. The Labute approximate surface area is 235 Å². The molecule has 2 saturated heterocycles. The zero-order valence-corrected chi connectivity index (χ0v) is 22.6. The van der Waals surface area contributed by atoms with Gasteiger partial charge in [0.25, 0.3) is 0 Å². The van der Waals surface area contributed by atoms with E-state index in [-0.39, 0.29) is 35.1 Å². The topological polar surface area (TPSA) is 85.5 Å². The van der Waals surface area contributed by atoms with Gasteiger partial charge in [-0.3, -0.25) is 9.88 Å². The second-order valence-electron chi connectivity index (χ2n) is 10.9. The van der Waals surface area contributed by atoms with Crippen molar-refractivity contribution in [3.63, 3.8) is 0 Å². The summed E-state index contributed by atoms with van der Waals surface area (Å²) in [5.41, 5.74) is 0.779. The van der Waals surface area contributed by atoms with E-state index < -0.39 is 17.5 Å². The van der Waals surface area contributed by atoms with Crippen LogP contribution in [-0.2, 0) is 11.3 Å². The quantitative estimate of drug-likeness (QED) is 0.280. The van der Waals surface area contributed by atoms with E-state index in [0.29, 0.717) is 36.2 Å². The molecular formula is C31H29F2N5O3. The summed E-state index contributed by atoms with van der Waals surface area (Å²) in [7, 11) is 1.61. The molecule has 0 aliphatic carbocycles. The van der Waals surface area contributed by atoms with Gasteiger partial charge in [0.05, 0.1) is 23.1 Å². The average Bonchev–Trinajstić information content (AvgIpc) is 3.67. The molecule has 2 atom stereocenters. The van der Waals surface area contributed by atoms with E-state index in [9.17, 15) is 9.50 Å². The van der Waals surface area contributed by atoms with Crippen LogP contribution in [0.5, 0.6) is 11.8 Å². The number of rotatable bonds is 7. The largest absolute Gasteiger partial charge is 0.507 e. The molecule has 3 aromatic heterocycles. The van der Waals surface area contributed by atoms with Gasteiger partial charge in [-0.25, -0.2) is 8.78 Å². The Kier molecular flexibility index (Phi) is 6.32. The van der Waals surface area contributed by atoms with Gasteiger partial charge in [-0.15, -0.1) is 0 Å². The van der Waals surface area contributed by atoms with Crippen molar-refractivity contribution in [1.29, 1.82) is 0 Å². The summed E-state index contributed by atoms with van der Waals surface area (Å²) in [6.07, 6.45) is 6.48. The maximum Gasteiger partial charge on any atom is 0.319 e. The molecule has 1 N–H and O–H groups in total. The predicted octanol–water partition coefficient (Wildman–Crippen LogP) is 5.58. The van der Waals surface area contributed by atoms with Crippen LogP contribution in [0.15, 0.2) is 61.1 Å². The number of aromatic hydroxyl groups is 1. The number of aromatic nitrogens is 4. The van der Waals surface area contributed by atoms with Gasteiger partial charge in [-0.05, 0) is 47.9 Å². The van der Waals surface area contributed by atoms with Crippen LogP contribution in [-0.4, -0.2) is 68.0 Å². The van der Waals surface area contributed by atoms with E-state index in [1.54, 1.807) is 17.7 Å². The van der Waals surface area contributed by atoms with Crippen LogP contribution < -0.4 is 4.74 Å². The number of phenols is 1. The first-order chi connectivity index (χ1) is 20.0. The smallest absolute Gasteiger partial charge is 0.319 e. The van der Waals surface area contributed by atoms with E-state index >= 15 is 4.39 Å². The Balaban J connectivity index is 1.37. The van der Waals surface area contributed by atoms with Crippen LogP contribution in [0.1, 0.15) is 24.8 Å². The molecule has 2 aliphatic rings. The highest BCUT2D eigenvalue weighted by Gasteiger charge is 2.49. The third kappa shape index (κ3) is 4.38. The van der Waals surface area contributed by atoms with Gasteiger partial charge < -0.3 is 19.1 Å². The molecule has 0 spiro atoms. The van der Waals surface area contributed by atoms with Gasteiger partial charge in [0, 0.05) is 38.7 Å². The summed E-state index contributed by atoms with van der Waals surface area (Å²) in [6, 6.07) is 12.6. The lowest BCUT2D eigenvalue weighted by atomic mass is 9.95. The first-order valence-corrected chi connectivity index (χ1v) is 13.7. The minimum atomic E-state index is -0.898. The molecular weight excluding hydrogens is 528 g/mol. The lowest BCUT2D eigenvalue weighted by molar-refractivity contribution is 0.107. The second kappa shape index (κ2) is 10.0. The number of fused-ring (bicyclic) bond motifs is 3. The number of phenolic OH excluding ortho intramolecular Hbond substituents is 1. The number of halogens is 2. The fourth-order valence-corrected chi connectivity index (χ4v) is 6.44. The molecule has 5 heterocycles. The van der Waals surface area contributed by atoms with E-state index in [0.717, 1.165) is 30.3 Å². The minimum absolute atomic E-state index is 0.00350. The van der Waals surface area contributed by atoms with Crippen LogP contribution in [0.4, 0.5) is 8.78 Å². The zero-order chi connectivity index (χ0) is 28.1. The van der Waals surface area contributed by atoms with Gasteiger partial charge in [-0.2, -0.15) is 9.97 Å². The van der Waals surface area contributed by atoms with Gasteiger partial charge in [0.2, 0.25) is 0 Å². The van der Waals surface area contributed by atoms with Crippen molar-refractivity contribution in [2.45, 2.75) is 37.6 Å². The molecule has 8 nitrogen and oxygen atoms in total. The summed E-state index contributed by atoms with van der Waals surface area (Å²) in [5, 5.41) is 12.7. The monoisotopic (exact) mass is 557 g/mol. The molecule has 0 amide bonds. The number of ether oxygens (including phenoxy) is 2. The molecule has 0 radical (unpaired) electrons. The Bertz CT molecular complexity index is 1780. The Hall–Kier alpha value is -4.15. The van der Waals surface area contributed by atoms with Crippen molar-refractivity contribution in [1.82, 2.24) is 24.4 Å². The van der Waals surface area contributed by atoms with Crippen LogP contribution in [0, 0.1) is 5.82 Å². The van der Waals surface area contributed by atoms with E-state index in [4.69, 9.17) is 9.47 Å². The summed E-state index contributed by atoms with van der Waals surface area (Å²) < 4.78 is 44.0. The van der Waals surface area contributed by atoms with Crippen molar-refractivity contribution in [2.75, 3.05) is 26.8 Å². The number of alkyl halides is 1. The van der Waals surface area contributed by atoms with Crippen LogP contribution in [0.3, 0.4) is 0 Å². The molecule has 210 valence electrons. The third-order valence-electron chi connectivity index (χ3n) is 8.33. The first kappa shape index (κ1) is 25.8. The number of hydrogen-bond acceptors (Lipinski definition) is 7. The lowest BCUT2D eigenvalue weighted by Gasteiger charge is -2.30. The molecule has 10 heteroatoms. The van der Waals surface area contributed by atoms with Crippen molar-refractivity contribution >= 4 is 21.7 Å². The maximum atomic E-state index is 16.5. The Morgan fingerprint density at radius 2 is 2.00 bits per heavy atom. The number of methoxy groups -OCH3 is 1. The molecule has 2 fully saturated rings. The number of pyridine rings is 1. The summed E-state index contributed by atoms with van der Waals surface area (Å²) in [5.74, 6) is -0.391. The SMILES string of the molecule is COCc1ccn(-c2nc(OC[C@@]34CCCN3C[C@H](F)C4)nc3c(F)c(-c4c(O)ccc5ccccc45)ncc23)c1. The standard InChI is InChI=1S/C31H29F2N5O3/c1-40-17-19-9-12-37(15-19)29-23-14-34-28(25-22-6-3-2-5-20(22)7-8-24(25)39)26(33)27(23)35-30(36-29)41-18-31-10-4-11-38(31)16-21(32)13-31/h2-3,5-9,12,14-15,21,39H,4,10-11,13,16-18H2,1H3/t21-,31+/m1/s1. The van der Waals surface area contributed by atoms with Crippen LogP contribution >= 0.6 is 0 Å². The summed E-state index contributed by atoms with van der Waals surface area (Å²) in [6.45, 7) is 1.84. The van der Waals surface area contributed by atoms with Crippen LogP contribution in [0.2, 0.25) is 0 Å². The van der Waals surface area contributed by atoms with Crippen molar-refractivity contribution in [3.05, 3.63) is 72.4 Å². The Morgan fingerprint density at radius 1 is 1.12 bits per heavy atom. The van der Waals surface area contributed by atoms with E-state index in [1.807, 2.05) is 42.7 Å². The highest BCUT2D eigenvalue weighted by Crippen LogP contribution is 2.41. The molecule has 41 heavy (non-hydrogen) atoms. The average molecular weight is 558 g/mol. The minimum Gasteiger partial charge on any atom is -0.507 e. The zero-order valence-electron chi connectivity index (χ0n) is 22.6. The molecule has 0 saturated carbocycles. The fourth-order valence-electron chi connectivity index (χ4n) is 6.44. The molecule has 5 aromatic rings. The molecule has 2 aliphatic heterocycles. The summed E-state index contributed by atoms with van der Waals surface area (Å²) >= 11 is 0. The Morgan fingerprint density at radius 3 is 2.88 bits per heavy atom. The molecule has 0 bridgehead atoms. The highest BCUT2D eigenvalue weighted by atomic mass is 19.1. The second-order valence-corrected chi connectivity index (χ2v) is 10.9. The van der Waals surface area contributed by atoms with Crippen molar-refractivity contribution in [3.8, 4) is 28.8 Å². The number of nitrogens with zero attached hydrogens (tertiary/aromatic N) is 5. The van der Waals surface area contributed by atoms with Gasteiger partial charge in [-0.1, -0.05) is 30.3 Å². The molecule has 2 aromatic carbocycles. The molecule has 0 unspecified atom stereocenters. The highest BCUT2D eigenvalue weighted by molar-refractivity contribution is 6.00. The molecule has 7 rings (SSSR count). The van der Waals surface area contributed by atoms with E-state index in [2.05, 4.69) is 19.9 Å².